The van der Waals surface area contributed by atoms with E-state index < -0.39 is 0 Å². The van der Waals surface area contributed by atoms with Crippen molar-refractivity contribution in [2.45, 2.75) is 38.6 Å². The van der Waals surface area contributed by atoms with Gasteiger partial charge in [0.25, 0.3) is 5.91 Å². The molecule has 1 amide bonds. The Bertz CT molecular complexity index is 1030. The maximum absolute atomic E-state index is 13.3. The van der Waals surface area contributed by atoms with E-state index in [1.54, 1.807) is 0 Å². The van der Waals surface area contributed by atoms with Gasteiger partial charge < -0.3 is 4.42 Å². The van der Waals surface area contributed by atoms with E-state index in [9.17, 15) is 4.79 Å². The van der Waals surface area contributed by atoms with Gasteiger partial charge in [0.2, 0.25) is 0 Å². The first-order valence-corrected chi connectivity index (χ1v) is 11.7. The summed E-state index contributed by atoms with van der Waals surface area (Å²) in [5.41, 5.74) is 2.26. The van der Waals surface area contributed by atoms with Crippen LogP contribution in [0.5, 0.6) is 0 Å². The molecule has 5 fully saturated rings. The van der Waals surface area contributed by atoms with E-state index in [4.69, 9.17) is 16.6 Å². The molecule has 148 valence electrons. The van der Waals surface area contributed by atoms with Crippen LogP contribution in [0.25, 0.3) is 17.4 Å². The van der Waals surface area contributed by atoms with Gasteiger partial charge >= 0.3 is 0 Å². The molecular weight excluding hydrogens is 398 g/mol. The summed E-state index contributed by atoms with van der Waals surface area (Å²) in [4.78, 5) is 15.9. The summed E-state index contributed by atoms with van der Waals surface area (Å²) >= 11 is 7.10. The number of aryl methyl sites for hydroxylation is 1. The topological polar surface area (TPSA) is 33.5 Å². The number of nitrogens with zero attached hydrogens (tertiary/aromatic N) is 1. The first-order chi connectivity index (χ1) is 14.1. The Balaban J connectivity index is 1.26. The zero-order valence-electron chi connectivity index (χ0n) is 16.3. The molecule has 2 aromatic rings. The van der Waals surface area contributed by atoms with Gasteiger partial charge in [0.15, 0.2) is 0 Å². The normalized spacial score (nSPS) is 34.2. The van der Waals surface area contributed by atoms with Gasteiger partial charge in [-0.3, -0.25) is 9.69 Å². The molecule has 5 aliphatic rings. The number of thiocarbonyl (C=S) groups is 1. The van der Waals surface area contributed by atoms with Gasteiger partial charge in [-0.1, -0.05) is 53.8 Å². The van der Waals surface area contributed by atoms with Crippen molar-refractivity contribution in [2.75, 3.05) is 0 Å². The fourth-order valence-electron chi connectivity index (χ4n) is 6.27. The number of rotatable bonds is 3. The molecule has 5 atom stereocenters. The van der Waals surface area contributed by atoms with Crippen molar-refractivity contribution in [2.24, 2.45) is 23.7 Å². The van der Waals surface area contributed by atoms with Crippen LogP contribution in [0.15, 0.2) is 45.7 Å². The number of amides is 1. The molecule has 29 heavy (non-hydrogen) atoms. The summed E-state index contributed by atoms with van der Waals surface area (Å²) in [5, 5.41) is 0. The molecule has 0 spiro atoms. The second-order valence-electron chi connectivity index (χ2n) is 9.10. The van der Waals surface area contributed by atoms with Crippen molar-refractivity contribution in [3.05, 3.63) is 52.6 Å². The largest absolute Gasteiger partial charge is 0.457 e. The van der Waals surface area contributed by atoms with Crippen LogP contribution >= 0.6 is 24.0 Å². The lowest BCUT2D eigenvalue weighted by Crippen LogP contribution is -2.46. The van der Waals surface area contributed by atoms with Gasteiger partial charge in [-0.25, -0.2) is 0 Å². The van der Waals surface area contributed by atoms with Crippen LogP contribution in [0.4, 0.5) is 0 Å². The number of hydrogen-bond donors (Lipinski definition) is 0. The Kier molecular flexibility index (Phi) is 4.07. The van der Waals surface area contributed by atoms with Crippen LogP contribution in [-0.4, -0.2) is 21.2 Å². The average molecular weight is 422 g/mol. The minimum absolute atomic E-state index is 0.0780. The molecule has 4 bridgehead atoms. The van der Waals surface area contributed by atoms with Crippen molar-refractivity contribution in [1.82, 2.24) is 4.90 Å². The summed E-state index contributed by atoms with van der Waals surface area (Å²) in [5.74, 6) is 4.63. The molecule has 1 aromatic carbocycles. The van der Waals surface area contributed by atoms with E-state index in [0.29, 0.717) is 28.5 Å². The molecule has 0 N–H and O–H groups in total. The predicted octanol–water partition coefficient (Wildman–Crippen LogP) is 5.89. The Morgan fingerprint density at radius 1 is 1.07 bits per heavy atom. The maximum Gasteiger partial charge on any atom is 0.266 e. The van der Waals surface area contributed by atoms with Gasteiger partial charge in [0.05, 0.1) is 4.91 Å². The van der Waals surface area contributed by atoms with Crippen LogP contribution < -0.4 is 0 Å². The van der Waals surface area contributed by atoms with Crippen molar-refractivity contribution >= 4 is 40.3 Å². The van der Waals surface area contributed by atoms with E-state index in [-0.39, 0.29) is 5.91 Å². The summed E-state index contributed by atoms with van der Waals surface area (Å²) in [6.07, 6.45) is 7.10. The van der Waals surface area contributed by atoms with Crippen LogP contribution in [-0.2, 0) is 4.79 Å². The van der Waals surface area contributed by atoms with Crippen LogP contribution in [0, 0.1) is 30.6 Å². The summed E-state index contributed by atoms with van der Waals surface area (Å²) in [6.45, 7) is 2.07. The van der Waals surface area contributed by atoms with E-state index in [1.807, 2.05) is 23.1 Å². The molecule has 5 unspecified atom stereocenters. The summed E-state index contributed by atoms with van der Waals surface area (Å²) in [7, 11) is 0. The standard InChI is InChI=1S/C24H23NO2S2/c1-13-2-4-15(5-3-13)20-7-6-18(27-20)12-21-23(26)25(24(28)29-21)22-17-9-14-8-16(11-17)19(22)10-14/h2-7,12,14,16-17,19,22H,8-11H2,1H3/b21-12-. The number of thioether (sulfide) groups is 1. The molecule has 5 heteroatoms. The summed E-state index contributed by atoms with van der Waals surface area (Å²) in [6, 6.07) is 12.5. The Labute approximate surface area is 180 Å². The van der Waals surface area contributed by atoms with E-state index in [0.717, 1.165) is 27.5 Å². The van der Waals surface area contributed by atoms with Crippen molar-refractivity contribution in [3.63, 3.8) is 0 Å². The molecule has 4 saturated carbocycles. The van der Waals surface area contributed by atoms with Gasteiger partial charge in [0.1, 0.15) is 15.8 Å². The number of benzene rings is 1. The second-order valence-corrected chi connectivity index (χ2v) is 10.8. The highest BCUT2D eigenvalue weighted by Gasteiger charge is 2.58. The van der Waals surface area contributed by atoms with Crippen molar-refractivity contribution < 1.29 is 9.21 Å². The van der Waals surface area contributed by atoms with E-state index in [1.165, 1.54) is 43.0 Å². The van der Waals surface area contributed by atoms with Gasteiger partial charge in [-0.15, -0.1) is 0 Å². The molecule has 0 radical (unpaired) electrons. The lowest BCUT2D eigenvalue weighted by Gasteiger charge is -2.37. The predicted molar refractivity (Wildman–Crippen MR) is 120 cm³/mol. The quantitative estimate of drug-likeness (QED) is 0.457. The van der Waals surface area contributed by atoms with Gasteiger partial charge in [-0.05, 0) is 68.4 Å². The Morgan fingerprint density at radius 3 is 2.66 bits per heavy atom. The third-order valence-corrected chi connectivity index (χ3v) is 8.70. The molecule has 1 aliphatic heterocycles. The highest BCUT2D eigenvalue weighted by atomic mass is 32.2. The average Bonchev–Trinajstić information content (AvgIpc) is 3.40. The van der Waals surface area contributed by atoms with E-state index in [2.05, 4.69) is 31.2 Å². The molecule has 1 saturated heterocycles. The molecule has 7 rings (SSSR count). The smallest absolute Gasteiger partial charge is 0.266 e. The first-order valence-electron chi connectivity index (χ1n) is 10.5. The fraction of sp³-hybridized carbons (Fsp3) is 0.417. The minimum atomic E-state index is 0.0780. The third-order valence-electron chi connectivity index (χ3n) is 7.37. The number of carbonyl (C=O) groups is 1. The zero-order chi connectivity index (χ0) is 19.7. The van der Waals surface area contributed by atoms with Crippen LogP contribution in [0.3, 0.4) is 0 Å². The SMILES string of the molecule is Cc1ccc(-c2ccc(/C=C3\SC(=S)N(C4C5CC6CC(C5)C4C6)C3=O)o2)cc1. The van der Waals surface area contributed by atoms with Crippen molar-refractivity contribution in [3.8, 4) is 11.3 Å². The first kappa shape index (κ1) is 18.0. The zero-order valence-corrected chi connectivity index (χ0v) is 18.0. The monoisotopic (exact) mass is 421 g/mol. The number of carbonyl (C=O) groups excluding carboxylic acids is 1. The molecule has 1 aromatic heterocycles. The van der Waals surface area contributed by atoms with Gasteiger partial charge in [0, 0.05) is 17.7 Å². The fourth-order valence-corrected chi connectivity index (χ4v) is 7.60. The molecular formula is C24H23NO2S2. The maximum atomic E-state index is 13.3. The van der Waals surface area contributed by atoms with Crippen LogP contribution in [0.1, 0.15) is 37.0 Å². The Hall–Kier alpha value is -1.85. The van der Waals surface area contributed by atoms with E-state index >= 15 is 0 Å². The second kappa shape index (κ2) is 6.58. The lowest BCUT2D eigenvalue weighted by atomic mass is 9.79. The number of furan rings is 1. The molecule has 4 aliphatic carbocycles. The van der Waals surface area contributed by atoms with Gasteiger partial charge in [-0.2, -0.15) is 0 Å². The highest BCUT2D eigenvalue weighted by Crippen LogP contribution is 2.60. The lowest BCUT2D eigenvalue weighted by molar-refractivity contribution is -0.125. The number of hydrogen-bond acceptors (Lipinski definition) is 4. The molecule has 2 heterocycles. The summed E-state index contributed by atoms with van der Waals surface area (Å²) < 4.78 is 6.74. The van der Waals surface area contributed by atoms with Crippen molar-refractivity contribution in [1.29, 1.82) is 0 Å². The van der Waals surface area contributed by atoms with Crippen LogP contribution in [0.2, 0.25) is 0 Å². The third kappa shape index (κ3) is 2.85. The molecule has 3 nitrogen and oxygen atoms in total. The minimum Gasteiger partial charge on any atom is -0.457 e. The highest BCUT2D eigenvalue weighted by molar-refractivity contribution is 8.26. The Morgan fingerprint density at radius 2 is 1.86 bits per heavy atom.